The molecule has 4 saturated heterocycles. The number of halogens is 3. The van der Waals surface area contributed by atoms with Gasteiger partial charge >= 0.3 is 12.5 Å². The Morgan fingerprint density at radius 3 is 2.32 bits per heavy atom. The van der Waals surface area contributed by atoms with Crippen LogP contribution in [0.4, 0.5) is 29.5 Å². The molecule has 1 spiro atoms. The van der Waals surface area contributed by atoms with Crippen LogP contribution in [0.1, 0.15) is 69.2 Å². The Morgan fingerprint density at radius 1 is 0.944 bits per heavy atom. The number of hydrogen-bond acceptors (Lipinski definition) is 13. The number of piperazine rings is 1. The van der Waals surface area contributed by atoms with E-state index in [1.807, 2.05) is 18.7 Å². The summed E-state index contributed by atoms with van der Waals surface area (Å²) in [6, 6.07) is 12.2. The number of ether oxygens (including phenoxy) is 5. The van der Waals surface area contributed by atoms with Crippen LogP contribution in [-0.2, 0) is 33.3 Å². The largest absolute Gasteiger partial charge is 0.573 e. The van der Waals surface area contributed by atoms with Gasteiger partial charge in [0.15, 0.2) is 5.79 Å². The van der Waals surface area contributed by atoms with Crippen molar-refractivity contribution < 1.29 is 60.8 Å². The zero-order valence-corrected chi connectivity index (χ0v) is 40.3. The SMILES string of the molecule is COCC(=O)N1CCC[C@@]1(C)C(=O)N1CCN(c2ccc(C(=O)Nc3ccc(-c4ccc(-c5cnc([C@@H]6CC7(CN6C(=O)[C@@H](NC(=O)OC)C(C)C)OCCO7)[nH]5)cc4)c(OC(F)(F)F)c3)cn2)[C@H](C)C1. The zero-order chi connectivity index (χ0) is 50.8. The molecular weight excluding hydrogens is 932 g/mol. The number of amides is 5. The minimum absolute atomic E-state index is 0.0481. The summed E-state index contributed by atoms with van der Waals surface area (Å²) < 4.78 is 67.8. The number of carbonyl (C=O) groups excluding carboxylic acids is 5. The highest BCUT2D eigenvalue weighted by molar-refractivity contribution is 6.04. The van der Waals surface area contributed by atoms with Crippen LogP contribution in [0.2, 0.25) is 0 Å². The van der Waals surface area contributed by atoms with Crippen molar-refractivity contribution in [2.75, 3.05) is 77.0 Å². The number of methoxy groups -OCH3 is 2. The van der Waals surface area contributed by atoms with Crippen molar-refractivity contribution in [1.82, 2.24) is 35.0 Å². The van der Waals surface area contributed by atoms with Crippen molar-refractivity contribution in [3.05, 3.63) is 78.4 Å². The van der Waals surface area contributed by atoms with E-state index in [1.165, 1.54) is 32.5 Å². The van der Waals surface area contributed by atoms with E-state index in [2.05, 4.69) is 30.3 Å². The number of alkyl carbamates (subject to hydrolysis) is 1. The summed E-state index contributed by atoms with van der Waals surface area (Å²) in [6.45, 7) is 9.86. The van der Waals surface area contributed by atoms with Crippen LogP contribution in [0.25, 0.3) is 22.4 Å². The number of pyridine rings is 1. The summed E-state index contributed by atoms with van der Waals surface area (Å²) in [4.78, 5) is 85.6. The first kappa shape index (κ1) is 50.6. The molecule has 5 amide bonds. The number of aromatic amines is 1. The summed E-state index contributed by atoms with van der Waals surface area (Å²) >= 11 is 0. The lowest BCUT2D eigenvalue weighted by Gasteiger charge is -2.44. The van der Waals surface area contributed by atoms with Crippen LogP contribution in [0.3, 0.4) is 0 Å². The molecule has 71 heavy (non-hydrogen) atoms. The molecule has 22 heteroatoms. The van der Waals surface area contributed by atoms with Crippen molar-refractivity contribution in [3.63, 3.8) is 0 Å². The fourth-order valence-electron chi connectivity index (χ4n) is 9.93. The fraction of sp³-hybridized carbons (Fsp3) is 0.490. The molecule has 4 atom stereocenters. The first-order valence-electron chi connectivity index (χ1n) is 23.4. The van der Waals surface area contributed by atoms with Gasteiger partial charge < -0.3 is 58.9 Å². The Kier molecular flexibility index (Phi) is 14.6. The Hall–Kier alpha value is -6.78. The smallest absolute Gasteiger partial charge is 0.453 e. The molecule has 0 bridgehead atoms. The average Bonchev–Trinajstić information content (AvgIpc) is 4.18. The number of alkyl halides is 3. The van der Waals surface area contributed by atoms with Crippen molar-refractivity contribution in [3.8, 4) is 28.1 Å². The molecule has 19 nitrogen and oxygen atoms in total. The van der Waals surface area contributed by atoms with E-state index in [-0.39, 0.29) is 66.1 Å². The number of likely N-dealkylation sites (tertiary alicyclic amines) is 2. The predicted molar refractivity (Wildman–Crippen MR) is 251 cm³/mol. The molecule has 2 aromatic heterocycles. The maximum Gasteiger partial charge on any atom is 0.573 e. The van der Waals surface area contributed by atoms with Gasteiger partial charge in [-0.1, -0.05) is 38.1 Å². The number of imidazole rings is 1. The second-order valence-corrected chi connectivity index (χ2v) is 18.7. The topological polar surface area (TPSA) is 210 Å². The average molecular weight is 990 g/mol. The Balaban J connectivity index is 0.930. The maximum absolute atomic E-state index is 14.0. The van der Waals surface area contributed by atoms with E-state index in [9.17, 15) is 37.1 Å². The van der Waals surface area contributed by atoms with E-state index in [0.717, 1.165) is 12.5 Å². The number of rotatable bonds is 13. The first-order chi connectivity index (χ1) is 33.8. The van der Waals surface area contributed by atoms with Crippen LogP contribution >= 0.6 is 0 Å². The minimum Gasteiger partial charge on any atom is -0.453 e. The lowest BCUT2D eigenvalue weighted by atomic mass is 9.95. The van der Waals surface area contributed by atoms with Crippen LogP contribution in [0.5, 0.6) is 5.75 Å². The lowest BCUT2D eigenvalue weighted by molar-refractivity contribution is -0.274. The molecule has 380 valence electrons. The van der Waals surface area contributed by atoms with E-state index >= 15 is 0 Å². The molecule has 2 aromatic carbocycles. The third-order valence-electron chi connectivity index (χ3n) is 13.6. The first-order valence-corrected chi connectivity index (χ1v) is 23.4. The number of anilines is 2. The molecule has 4 fully saturated rings. The number of benzene rings is 2. The van der Waals surface area contributed by atoms with Gasteiger partial charge in [0.25, 0.3) is 5.91 Å². The van der Waals surface area contributed by atoms with Gasteiger partial charge in [-0.3, -0.25) is 19.2 Å². The molecule has 4 aliphatic rings. The van der Waals surface area contributed by atoms with Gasteiger partial charge in [0.2, 0.25) is 17.7 Å². The van der Waals surface area contributed by atoms with Gasteiger partial charge in [0.1, 0.15) is 35.6 Å². The molecule has 3 N–H and O–H groups in total. The molecule has 0 saturated carbocycles. The van der Waals surface area contributed by atoms with Crippen molar-refractivity contribution in [1.29, 1.82) is 0 Å². The maximum atomic E-state index is 14.0. The molecule has 4 aliphatic heterocycles. The zero-order valence-electron chi connectivity index (χ0n) is 40.3. The van der Waals surface area contributed by atoms with E-state index < -0.39 is 47.5 Å². The van der Waals surface area contributed by atoms with Crippen LogP contribution in [0, 0.1) is 5.92 Å². The second kappa shape index (κ2) is 20.5. The molecule has 8 rings (SSSR count). The lowest BCUT2D eigenvalue weighted by Crippen LogP contribution is -2.62. The van der Waals surface area contributed by atoms with Crippen LogP contribution in [-0.4, -0.2) is 156 Å². The highest BCUT2D eigenvalue weighted by Gasteiger charge is 2.53. The van der Waals surface area contributed by atoms with Crippen molar-refractivity contribution >= 4 is 41.2 Å². The standard InChI is InChI=1S/C49H58F3N9O10/c1-29(2)41(57-46(66)68-6)44(64)60-28-48(69-20-21-70-48)23-37(60)42-54-25-36(56-42)32-10-8-31(9-11-32)35-14-13-34(22-38(35)71-49(50,51)52)55-43(63)33-12-15-39(53-24-33)59-19-18-58(26-30(59)3)45(65)47(4)16-7-17-61(47)40(62)27-67-5/h8-15,22,24-25,29-30,37,41H,7,16-21,23,26-28H2,1-6H3,(H,54,56)(H,55,63)(H,57,66)/t30-,37+,41+,47+/m1/s1. The van der Waals surface area contributed by atoms with Gasteiger partial charge in [-0.25, -0.2) is 14.8 Å². The molecule has 0 radical (unpaired) electrons. The van der Waals surface area contributed by atoms with Gasteiger partial charge in [-0.2, -0.15) is 0 Å². The van der Waals surface area contributed by atoms with E-state index in [0.29, 0.717) is 74.3 Å². The Morgan fingerprint density at radius 2 is 1.68 bits per heavy atom. The minimum atomic E-state index is -5.05. The molecule has 4 aromatic rings. The number of hydrogen-bond donors (Lipinski definition) is 3. The van der Waals surface area contributed by atoms with Crippen molar-refractivity contribution in [2.24, 2.45) is 5.92 Å². The Bertz CT molecular complexity index is 2610. The predicted octanol–water partition coefficient (Wildman–Crippen LogP) is 5.75. The highest BCUT2D eigenvalue weighted by atomic mass is 19.4. The van der Waals surface area contributed by atoms with E-state index in [4.69, 9.17) is 18.9 Å². The monoisotopic (exact) mass is 989 g/mol. The van der Waals surface area contributed by atoms with Gasteiger partial charge in [0, 0.05) is 69.3 Å². The summed E-state index contributed by atoms with van der Waals surface area (Å²) in [5.41, 5.74) is 0.964. The number of H-pyrrole nitrogens is 1. The van der Waals surface area contributed by atoms with E-state index in [1.54, 1.807) is 71.1 Å². The van der Waals surface area contributed by atoms with Gasteiger partial charge in [-0.15, -0.1) is 13.2 Å². The molecule has 6 heterocycles. The normalized spacial score (nSPS) is 21.4. The molecular formula is C49H58F3N9O10. The third kappa shape index (κ3) is 10.8. The number of carbonyl (C=O) groups is 5. The summed E-state index contributed by atoms with van der Waals surface area (Å²) in [7, 11) is 2.67. The summed E-state index contributed by atoms with van der Waals surface area (Å²) in [5, 5.41) is 5.28. The molecule has 0 unspecified atom stereocenters. The summed E-state index contributed by atoms with van der Waals surface area (Å²) in [6.07, 6.45) is -1.26. The van der Waals surface area contributed by atoms with Crippen LogP contribution < -0.4 is 20.3 Å². The molecule has 0 aliphatic carbocycles. The summed E-state index contributed by atoms with van der Waals surface area (Å²) in [5.74, 6) is -2.15. The number of aromatic nitrogens is 3. The Labute approximate surface area is 408 Å². The fourth-order valence-corrected chi connectivity index (χ4v) is 9.93. The quantitative estimate of drug-likeness (QED) is 0.146. The second-order valence-electron chi connectivity index (χ2n) is 18.7. The van der Waals surface area contributed by atoms with Crippen LogP contribution in [0.15, 0.2) is 67.0 Å². The number of nitrogens with one attached hydrogen (secondary N) is 3. The van der Waals surface area contributed by atoms with Gasteiger partial charge in [-0.05, 0) is 68.0 Å². The van der Waals surface area contributed by atoms with Gasteiger partial charge in [0.05, 0.1) is 50.4 Å². The number of nitrogens with zero attached hydrogens (tertiary/aromatic N) is 6. The van der Waals surface area contributed by atoms with Crippen molar-refractivity contribution in [2.45, 2.75) is 82.8 Å². The highest BCUT2D eigenvalue weighted by Crippen LogP contribution is 2.43. The third-order valence-corrected chi connectivity index (χ3v) is 13.6.